The number of hydrogen-bond acceptors (Lipinski definition) is 2. The van der Waals surface area contributed by atoms with Gasteiger partial charge in [-0.3, -0.25) is 0 Å². The van der Waals surface area contributed by atoms with E-state index < -0.39 is 0 Å². The quantitative estimate of drug-likeness (QED) is 0.599. The van der Waals surface area contributed by atoms with Crippen LogP contribution in [0.1, 0.15) is 19.8 Å². The molecule has 0 saturated carbocycles. The van der Waals surface area contributed by atoms with Crippen LogP contribution in [0.2, 0.25) is 0 Å². The minimum atomic E-state index is 0.0416. The van der Waals surface area contributed by atoms with Crippen LogP contribution in [0, 0.1) is 12.3 Å². The maximum Gasteiger partial charge on any atom is 0.0950 e. The van der Waals surface area contributed by atoms with Crippen molar-refractivity contribution in [3.8, 4) is 12.3 Å². The van der Waals surface area contributed by atoms with Gasteiger partial charge in [-0.2, -0.15) is 0 Å². The lowest BCUT2D eigenvalue weighted by Gasteiger charge is -2.20. The molecule has 0 aliphatic heterocycles. The van der Waals surface area contributed by atoms with Crippen molar-refractivity contribution in [2.45, 2.75) is 31.9 Å². The maximum absolute atomic E-state index is 5.30. The molecule has 0 saturated heterocycles. The summed E-state index contributed by atoms with van der Waals surface area (Å²) in [4.78, 5) is 0. The first-order valence-electron chi connectivity index (χ1n) is 3.96. The van der Waals surface area contributed by atoms with Gasteiger partial charge in [-0.1, -0.05) is 19.3 Å². The highest BCUT2D eigenvalue weighted by Gasteiger charge is 2.15. The van der Waals surface area contributed by atoms with Gasteiger partial charge >= 0.3 is 0 Å². The molecule has 2 unspecified atom stereocenters. The van der Waals surface area contributed by atoms with Crippen LogP contribution < -0.4 is 5.32 Å². The average molecular weight is 155 g/mol. The van der Waals surface area contributed by atoms with Crippen LogP contribution in [0.25, 0.3) is 0 Å². The fourth-order valence-electron chi connectivity index (χ4n) is 1.08. The number of nitrogens with one attached hydrogen (secondary N) is 1. The van der Waals surface area contributed by atoms with Gasteiger partial charge in [0.15, 0.2) is 0 Å². The third-order valence-corrected chi connectivity index (χ3v) is 1.74. The minimum absolute atomic E-state index is 0.0416. The Hall–Kier alpha value is -0.520. The summed E-state index contributed by atoms with van der Waals surface area (Å²) in [7, 11) is 3.55. The molecule has 0 fully saturated rings. The molecule has 0 aromatic carbocycles. The Balaban J connectivity index is 3.89. The first-order valence-corrected chi connectivity index (χ1v) is 3.96. The van der Waals surface area contributed by atoms with Crippen molar-refractivity contribution < 1.29 is 4.74 Å². The van der Waals surface area contributed by atoms with E-state index in [9.17, 15) is 0 Å². The summed E-state index contributed by atoms with van der Waals surface area (Å²) in [5, 5.41) is 3.03. The van der Waals surface area contributed by atoms with E-state index in [-0.39, 0.29) is 12.1 Å². The standard InChI is InChI=1S/C9H17NO/c1-5-7-9(11-4)8(6-2)10-3/h2,8-10H,5,7H2,1,3-4H3. The molecule has 0 bridgehead atoms. The van der Waals surface area contributed by atoms with Crippen LogP contribution in [-0.4, -0.2) is 26.3 Å². The van der Waals surface area contributed by atoms with Crippen LogP contribution in [0.3, 0.4) is 0 Å². The highest BCUT2D eigenvalue weighted by Crippen LogP contribution is 2.04. The maximum atomic E-state index is 5.30. The van der Waals surface area contributed by atoms with E-state index in [0.29, 0.717) is 0 Å². The number of methoxy groups -OCH3 is 1. The molecule has 2 nitrogen and oxygen atoms in total. The summed E-state index contributed by atoms with van der Waals surface area (Å²) in [6.07, 6.45) is 7.55. The van der Waals surface area contributed by atoms with Gasteiger partial charge in [0.1, 0.15) is 0 Å². The topological polar surface area (TPSA) is 21.3 Å². The second-order valence-corrected chi connectivity index (χ2v) is 2.50. The zero-order valence-electron chi connectivity index (χ0n) is 7.55. The van der Waals surface area contributed by atoms with E-state index in [1.54, 1.807) is 7.11 Å². The molecule has 0 spiro atoms. The Morgan fingerprint density at radius 3 is 2.55 bits per heavy atom. The zero-order valence-corrected chi connectivity index (χ0v) is 7.55. The van der Waals surface area contributed by atoms with Gasteiger partial charge in [-0.15, -0.1) is 6.42 Å². The number of hydrogen-bond donors (Lipinski definition) is 1. The lowest BCUT2D eigenvalue weighted by atomic mass is 10.1. The molecule has 11 heavy (non-hydrogen) atoms. The van der Waals surface area contributed by atoms with Crippen LogP contribution in [0.5, 0.6) is 0 Å². The lowest BCUT2D eigenvalue weighted by molar-refractivity contribution is 0.0789. The molecule has 0 radical (unpaired) electrons. The lowest BCUT2D eigenvalue weighted by Crippen LogP contribution is -2.37. The van der Waals surface area contributed by atoms with Crippen molar-refractivity contribution in [2.24, 2.45) is 0 Å². The van der Waals surface area contributed by atoms with Crippen LogP contribution >= 0.6 is 0 Å². The van der Waals surface area contributed by atoms with Crippen molar-refractivity contribution in [1.29, 1.82) is 0 Å². The monoisotopic (exact) mass is 155 g/mol. The van der Waals surface area contributed by atoms with E-state index >= 15 is 0 Å². The first-order chi connectivity index (χ1) is 5.29. The van der Waals surface area contributed by atoms with Gasteiger partial charge in [0.05, 0.1) is 12.1 Å². The fourth-order valence-corrected chi connectivity index (χ4v) is 1.08. The van der Waals surface area contributed by atoms with E-state index in [1.807, 2.05) is 7.05 Å². The van der Waals surface area contributed by atoms with E-state index in [4.69, 9.17) is 11.2 Å². The summed E-state index contributed by atoms with van der Waals surface area (Å²) < 4.78 is 5.23. The molecule has 1 N–H and O–H groups in total. The predicted molar refractivity (Wildman–Crippen MR) is 47.4 cm³/mol. The first kappa shape index (κ1) is 10.5. The summed E-state index contributed by atoms with van der Waals surface area (Å²) >= 11 is 0. The van der Waals surface area contributed by atoms with Gasteiger partial charge in [-0.05, 0) is 13.5 Å². The molecule has 0 amide bonds. The summed E-state index contributed by atoms with van der Waals surface area (Å²) in [6.45, 7) is 2.12. The highest BCUT2D eigenvalue weighted by atomic mass is 16.5. The third-order valence-electron chi connectivity index (χ3n) is 1.74. The molecule has 2 atom stereocenters. The number of ether oxygens (including phenoxy) is 1. The van der Waals surface area contributed by atoms with E-state index in [1.165, 1.54) is 0 Å². The third kappa shape index (κ3) is 3.41. The summed E-state index contributed by atoms with van der Waals surface area (Å²) in [5.74, 6) is 2.65. The second kappa shape index (κ2) is 6.21. The van der Waals surface area contributed by atoms with Crippen molar-refractivity contribution in [2.75, 3.05) is 14.2 Å². The molecular formula is C9H17NO. The Kier molecular flexibility index (Phi) is 5.91. The van der Waals surface area contributed by atoms with Crippen molar-refractivity contribution in [3.05, 3.63) is 0 Å². The van der Waals surface area contributed by atoms with Crippen molar-refractivity contribution in [1.82, 2.24) is 5.32 Å². The Morgan fingerprint density at radius 1 is 1.64 bits per heavy atom. The SMILES string of the molecule is C#CC(NC)C(CCC)OC. The second-order valence-electron chi connectivity index (χ2n) is 2.50. The van der Waals surface area contributed by atoms with E-state index in [0.717, 1.165) is 12.8 Å². The molecule has 0 aromatic heterocycles. The van der Waals surface area contributed by atoms with Gasteiger partial charge in [0, 0.05) is 7.11 Å². The number of rotatable bonds is 5. The highest BCUT2D eigenvalue weighted by molar-refractivity contribution is 5.02. The molecule has 0 aromatic rings. The average Bonchev–Trinajstić information content (AvgIpc) is 2.05. The van der Waals surface area contributed by atoms with Crippen LogP contribution in [0.15, 0.2) is 0 Å². The summed E-state index contributed by atoms with van der Waals surface area (Å²) in [5.41, 5.74) is 0. The normalized spacial score (nSPS) is 15.5. The fraction of sp³-hybridized carbons (Fsp3) is 0.778. The predicted octanol–water partition coefficient (Wildman–Crippen LogP) is 1.02. The van der Waals surface area contributed by atoms with Gasteiger partial charge in [0.25, 0.3) is 0 Å². The summed E-state index contributed by atoms with van der Waals surface area (Å²) in [6, 6.07) is 0.0416. The van der Waals surface area contributed by atoms with Gasteiger partial charge in [-0.25, -0.2) is 0 Å². The van der Waals surface area contributed by atoms with Gasteiger partial charge in [0.2, 0.25) is 0 Å². The molecule has 0 aliphatic rings. The van der Waals surface area contributed by atoms with Crippen LogP contribution in [-0.2, 0) is 4.74 Å². The van der Waals surface area contributed by atoms with Crippen LogP contribution in [0.4, 0.5) is 0 Å². The Bertz CT molecular complexity index is 128. The molecule has 0 aliphatic carbocycles. The molecule has 64 valence electrons. The number of likely N-dealkylation sites (N-methyl/N-ethyl adjacent to an activating group) is 1. The molecule has 2 heteroatoms. The largest absolute Gasteiger partial charge is 0.379 e. The Labute approximate surface area is 69.3 Å². The smallest absolute Gasteiger partial charge is 0.0950 e. The molecule has 0 rings (SSSR count). The zero-order chi connectivity index (χ0) is 8.69. The van der Waals surface area contributed by atoms with Gasteiger partial charge < -0.3 is 10.1 Å². The van der Waals surface area contributed by atoms with Crippen molar-refractivity contribution >= 4 is 0 Å². The minimum Gasteiger partial charge on any atom is -0.379 e. The van der Waals surface area contributed by atoms with E-state index in [2.05, 4.69) is 18.2 Å². The van der Waals surface area contributed by atoms with Crippen molar-refractivity contribution in [3.63, 3.8) is 0 Å². The number of terminal acetylenes is 1. The molecule has 0 heterocycles. The molecular weight excluding hydrogens is 138 g/mol. The Morgan fingerprint density at radius 2 is 2.27 bits per heavy atom.